The Morgan fingerprint density at radius 2 is 0.729 bits per heavy atom. The van der Waals surface area contributed by atoms with Crippen LogP contribution in [0.15, 0.2) is 284 Å². The van der Waals surface area contributed by atoms with Crippen LogP contribution in [0.3, 0.4) is 0 Å². The average Bonchev–Trinajstić information content (AvgIpc) is 0.878. The highest BCUT2D eigenvalue weighted by Crippen LogP contribution is 2.21. The van der Waals surface area contributed by atoms with Gasteiger partial charge in [0.2, 0.25) is 5.95 Å². The first kappa shape index (κ1) is 125. The van der Waals surface area contributed by atoms with E-state index in [9.17, 15) is 27.6 Å². The molecule has 754 valence electrons. The van der Waals surface area contributed by atoms with Crippen LogP contribution in [0.5, 0.6) is 0 Å². The van der Waals surface area contributed by atoms with Crippen LogP contribution < -0.4 is 51.1 Å². The number of aromatic nitrogens is 4. The minimum Gasteiger partial charge on any atom is -0.469 e. The Kier molecular flexibility index (Phi) is 63.7. The van der Waals surface area contributed by atoms with Crippen molar-refractivity contribution in [3.8, 4) is 0 Å². The van der Waals surface area contributed by atoms with Crippen molar-refractivity contribution < 1.29 is 27.5 Å². The summed E-state index contributed by atoms with van der Waals surface area (Å²) < 4.78 is 44.1. The molecule has 0 radical (unpaired) electrons. The predicted octanol–water partition coefficient (Wildman–Crippen LogP) is 17.5. The molecule has 144 heavy (non-hydrogen) atoms. The SMILES string of the molecule is CC(=O)CC(=N)CN=Cc1ccccc1Cl.COC(=O)CC(=N)CN=Cc1ccccc1Cl.Cc1ccccc1C=NCC(=N)N.Cc1nnc(N/N=C/c2ccccc2Cl)[nH]c1=O.N=C(N)CN=Cc1c(F)cccc1Cl.N=C(N)CN=Cc1ccc(F)cc1Cl.N=C(N)CN=Cc1ccccc1Br.N=C(N)CN=Cc1ccccc1Cl.N=C(N)CN=Cc1ccccc1F.N=C(N)CN=Cc1ccncc1Cl. The number of ether oxygens (including phenoxy) is 1. The van der Waals surface area contributed by atoms with E-state index >= 15 is 0 Å². The van der Waals surface area contributed by atoms with Gasteiger partial charge in [0, 0.05) is 161 Å². The number of anilines is 1. The van der Waals surface area contributed by atoms with E-state index in [2.05, 4.69) is 96.3 Å². The number of ketones is 1. The van der Waals surface area contributed by atoms with Crippen molar-refractivity contribution in [2.24, 2.45) is 90.2 Å². The smallest absolute Gasteiger partial charge is 0.311 e. The molecule has 0 bridgehead atoms. The molecule has 9 aromatic carbocycles. The van der Waals surface area contributed by atoms with Crippen molar-refractivity contribution in [1.82, 2.24) is 20.2 Å². The number of benzene rings is 9. The predicted molar refractivity (Wildman–Crippen MR) is 591 cm³/mol. The molecule has 0 atom stereocenters. The number of methoxy groups -OCH3 is 1. The number of hydrogen-bond acceptors (Lipinski definition) is 27. The number of aryl methyl sites for hydroxylation is 2. The van der Waals surface area contributed by atoms with Crippen molar-refractivity contribution >= 4 is 229 Å². The van der Waals surface area contributed by atoms with Gasteiger partial charge >= 0.3 is 5.97 Å². The quantitative estimate of drug-likeness (QED) is 0.00771. The highest BCUT2D eigenvalue weighted by molar-refractivity contribution is 9.10. The summed E-state index contributed by atoms with van der Waals surface area (Å²) in [7, 11) is 1.29. The topological polar surface area (TPSA) is 647 Å². The van der Waals surface area contributed by atoms with Crippen LogP contribution in [0.1, 0.15) is 86.7 Å². The first-order valence-electron chi connectivity index (χ1n) is 41.8. The molecule has 0 aliphatic carbocycles. The molecule has 11 rings (SSSR count). The van der Waals surface area contributed by atoms with E-state index in [1.807, 2.05) is 128 Å². The maximum atomic E-state index is 13.1. The number of carbonyl (C=O) groups excluding carboxylic acids is 2. The van der Waals surface area contributed by atoms with Crippen LogP contribution in [-0.2, 0) is 14.3 Å². The van der Waals surface area contributed by atoms with Crippen molar-refractivity contribution in [3.63, 3.8) is 0 Å². The molecule has 2 aromatic heterocycles. The van der Waals surface area contributed by atoms with Crippen LogP contribution in [-0.4, -0.2) is 212 Å². The Balaban J connectivity index is 0.000000542. The third-order valence-electron chi connectivity index (χ3n) is 16.1. The molecule has 0 unspecified atom stereocenters. The van der Waals surface area contributed by atoms with Crippen LogP contribution in [0.25, 0.3) is 0 Å². The maximum Gasteiger partial charge on any atom is 0.311 e. The summed E-state index contributed by atoms with van der Waals surface area (Å²) in [5.74, 6) is -1.33. The minimum atomic E-state index is -0.440. The summed E-state index contributed by atoms with van der Waals surface area (Å²) in [4.78, 5) is 74.6. The number of hydrogen-bond donors (Lipinski definition) is 18. The molecular formula is C98H106BrCl7F3N31O4. The molecule has 0 fully saturated rings. The summed E-state index contributed by atoms with van der Waals surface area (Å²) in [5.41, 5.74) is 47.4. The molecule has 25 N–H and O–H groups in total. The highest BCUT2D eigenvalue weighted by atomic mass is 79.9. The number of amidine groups is 7. The monoisotopic (exact) mass is 2160 g/mol. The Morgan fingerprint density at radius 3 is 1.12 bits per heavy atom. The number of nitrogens with zero attached hydrogens (tertiary/aromatic N) is 13. The molecule has 46 heteroatoms. The second kappa shape index (κ2) is 73.6. The van der Waals surface area contributed by atoms with Crippen LogP contribution in [0.2, 0.25) is 35.2 Å². The van der Waals surface area contributed by atoms with Crippen molar-refractivity contribution in [3.05, 3.63) is 359 Å². The zero-order valence-corrected chi connectivity index (χ0v) is 84.9. The van der Waals surface area contributed by atoms with Crippen molar-refractivity contribution in [2.75, 3.05) is 71.4 Å². The van der Waals surface area contributed by atoms with E-state index in [1.165, 1.54) is 87.1 Å². The van der Waals surface area contributed by atoms with Gasteiger partial charge in [-0.25, -0.2) is 18.6 Å². The number of Topliss-reactive ketones (excluding diaryl/α,β-unsaturated/α-hetero) is 1. The van der Waals surface area contributed by atoms with Gasteiger partial charge in [-0.1, -0.05) is 237 Å². The standard InChI is InChI=1S/C12H13ClN2O2.C12H13ClN2O.C11H10ClN5O.C10H13N3.C9H10BrN3.2C9H9ClFN3.C9H10ClN3.C9H10FN3.C8H9ClN4/c1-17-12(16)6-10(14)8-15-7-9-4-2-3-5-11(9)13;1-9(16)6-11(14)8-15-7-10-4-2-3-5-12(10)13;1-7-10(18)14-11(17-15-7)16-13-6-8-4-2-3-5-9(8)12;1-8-4-2-3-5-9(8)6-13-7-10(11)12;10-8-4-2-1-3-7(8)5-13-6-9(11)12;10-8-3-7(11)2-1-6(8)4-14-5-9(12)13;10-7-2-1-3-8(11)6(7)4-14-5-9(12)13;2*10-8-4-2-1-3-7(8)5-13-6-9(11)12;9-7-4-12-2-1-6(7)3-13-5-8(10)11/h2-5,7,14H,6,8H2,1H3;2-5,7,14H,6,8H2,1H3;2-6H,1H3,(H2,14,16,17,18);2-6H,7H2,1H3,(H3,11,12);1-5H,6H2,(H3,11,12);2*1-4H,5H2,(H3,12,13);2*1-5H,6H2,(H3,11,12);1-4H,5H2,(H3,10,11)/b;;13-6+;;;;;;;. The number of aromatic amines is 1. The summed E-state index contributed by atoms with van der Waals surface area (Å²) >= 11 is 44.3. The van der Waals surface area contributed by atoms with Gasteiger partial charge in [-0.3, -0.25) is 107 Å². The molecule has 11 aromatic rings. The molecule has 0 amide bonds. The maximum absolute atomic E-state index is 13.1. The molecular weight excluding hydrogens is 2060 g/mol. The molecule has 0 spiro atoms. The van der Waals surface area contributed by atoms with Gasteiger partial charge in [0.05, 0.1) is 93.7 Å². The molecule has 0 saturated carbocycles. The Bertz CT molecular complexity index is 6050. The second-order valence-electron chi connectivity index (χ2n) is 28.4. The molecule has 0 aliphatic heterocycles. The second-order valence-corrected chi connectivity index (χ2v) is 32.1. The van der Waals surface area contributed by atoms with Gasteiger partial charge in [0.1, 0.15) is 69.8 Å². The summed E-state index contributed by atoms with van der Waals surface area (Å²) in [6, 6.07) is 61.4. The molecule has 35 nitrogen and oxygen atoms in total. The van der Waals surface area contributed by atoms with Crippen LogP contribution >= 0.6 is 97.1 Å². The molecule has 0 aliphatic rings. The van der Waals surface area contributed by atoms with Gasteiger partial charge in [0.15, 0.2) is 0 Å². The Morgan fingerprint density at radius 1 is 0.389 bits per heavy atom. The largest absolute Gasteiger partial charge is 0.469 e. The van der Waals surface area contributed by atoms with E-state index in [0.717, 1.165) is 43.4 Å². The van der Waals surface area contributed by atoms with E-state index in [1.54, 1.807) is 105 Å². The Hall–Kier alpha value is -15.5. The van der Waals surface area contributed by atoms with Gasteiger partial charge in [-0.2, -0.15) is 5.10 Å². The van der Waals surface area contributed by atoms with Gasteiger partial charge < -0.3 is 55.7 Å². The summed E-state index contributed by atoms with van der Waals surface area (Å²) in [5, 5.41) is 78.4. The van der Waals surface area contributed by atoms with E-state index in [-0.39, 0.29) is 157 Å². The lowest BCUT2D eigenvalue weighted by atomic mass is 10.1. The highest BCUT2D eigenvalue weighted by Gasteiger charge is 2.09. The third kappa shape index (κ3) is 59.8. The fraction of sp³-hybridized carbons (Fsp3) is 0.153. The first-order valence-corrected chi connectivity index (χ1v) is 45.2. The van der Waals surface area contributed by atoms with Crippen molar-refractivity contribution in [2.45, 2.75) is 33.6 Å². The number of carbonyl (C=O) groups is 2. The van der Waals surface area contributed by atoms with Gasteiger partial charge in [-0.05, 0) is 105 Å². The first-order chi connectivity index (χ1) is 68.6. The average molecular weight is 2170 g/mol. The fourth-order valence-electron chi connectivity index (χ4n) is 9.40. The normalized spacial score (nSPS) is 10.6. The number of esters is 1. The van der Waals surface area contributed by atoms with Gasteiger partial charge in [0.25, 0.3) is 5.56 Å². The number of nitrogens with two attached hydrogens (primary N) is 7. The van der Waals surface area contributed by atoms with Gasteiger partial charge in [-0.15, -0.1) is 10.2 Å². The number of pyridine rings is 1. The number of aliphatic imine (C=N–C) groups is 9. The molecule has 0 saturated heterocycles. The fourth-order valence-corrected chi connectivity index (χ4v) is 11.1. The zero-order valence-electron chi connectivity index (χ0n) is 78.1. The summed E-state index contributed by atoms with van der Waals surface area (Å²) in [6.45, 7) is 6.67. The number of rotatable bonds is 34. The zero-order chi connectivity index (χ0) is 107. The van der Waals surface area contributed by atoms with E-state index < -0.39 is 17.6 Å². The van der Waals surface area contributed by atoms with E-state index in [4.69, 9.17) is 170 Å². The Labute approximate surface area is 873 Å². The lowest BCUT2D eigenvalue weighted by Gasteiger charge is -1.99. The number of hydrazone groups is 1. The number of halogens is 11. The lowest BCUT2D eigenvalue weighted by Crippen LogP contribution is -2.15. The lowest BCUT2D eigenvalue weighted by molar-refractivity contribution is -0.139. The number of nitrogens with one attached hydrogen (secondary N) is 11. The van der Waals surface area contributed by atoms with E-state index in [0.29, 0.717) is 47.6 Å². The minimum absolute atomic E-state index is 0.0158. The van der Waals surface area contributed by atoms with Crippen molar-refractivity contribution in [1.29, 1.82) is 48.7 Å². The number of H-pyrrole nitrogens is 1. The summed E-state index contributed by atoms with van der Waals surface area (Å²) in [6.07, 6.45) is 18.8. The van der Waals surface area contributed by atoms with Crippen LogP contribution in [0.4, 0.5) is 19.1 Å². The third-order valence-corrected chi connectivity index (χ3v) is 19.2. The van der Waals surface area contributed by atoms with Crippen LogP contribution in [0, 0.1) is 80.0 Å². The molecule has 2 heterocycles.